The number of carbonyl (C=O) groups excluding carboxylic acids is 2. The lowest BCUT2D eigenvalue weighted by molar-refractivity contribution is -0.146. The third kappa shape index (κ3) is 10.7. The average molecular weight is 787 g/mol. The number of nitrogens with zero attached hydrogens (tertiary/aromatic N) is 6. The Kier molecular flexibility index (Phi) is 14.2. The molecule has 290 valence electrons. The van der Waals surface area contributed by atoms with E-state index >= 15 is 4.39 Å². The van der Waals surface area contributed by atoms with Crippen molar-refractivity contribution in [1.29, 1.82) is 10.5 Å². The maximum Gasteiger partial charge on any atom is 0.339 e. The molecule has 1 fully saturated rings. The number of ether oxygens (including phenoxy) is 4. The minimum absolute atomic E-state index is 0.0144. The fourth-order valence-corrected chi connectivity index (χ4v) is 7.13. The molecule has 2 heterocycles. The first-order chi connectivity index (χ1) is 26.9. The van der Waals surface area contributed by atoms with Gasteiger partial charge in [-0.05, 0) is 63.5 Å². The summed E-state index contributed by atoms with van der Waals surface area (Å²) in [4.78, 5) is 32.3. The molecule has 1 saturated heterocycles. The maximum atomic E-state index is 16.0. The number of esters is 2. The number of nitriles is 2. The third-order valence-corrected chi connectivity index (χ3v) is 9.99. The molecule has 0 N–H and O–H groups in total. The zero-order valence-electron chi connectivity index (χ0n) is 30.6. The number of benzene rings is 3. The molecule has 12 nitrogen and oxygen atoms in total. The maximum absolute atomic E-state index is 16.0. The molecule has 16 heteroatoms. The van der Waals surface area contributed by atoms with Crippen molar-refractivity contribution in [2.45, 2.75) is 42.5 Å². The summed E-state index contributed by atoms with van der Waals surface area (Å²) in [5, 5.41) is 21.7. The molecule has 1 aliphatic rings. The molecule has 1 aromatic heterocycles. The Bertz CT molecular complexity index is 2160. The first-order valence-corrected chi connectivity index (χ1v) is 18.1. The van der Waals surface area contributed by atoms with Gasteiger partial charge in [-0.2, -0.15) is 15.6 Å². The number of thioether (sulfide) groups is 1. The number of rotatable bonds is 15. The van der Waals surface area contributed by atoms with Gasteiger partial charge in [0.05, 0.1) is 60.4 Å². The molecule has 0 aliphatic carbocycles. The highest BCUT2D eigenvalue weighted by Gasteiger charge is 2.47. The average Bonchev–Trinajstić information content (AvgIpc) is 3.69. The second kappa shape index (κ2) is 19.2. The van der Waals surface area contributed by atoms with Crippen molar-refractivity contribution in [3.63, 3.8) is 0 Å². The summed E-state index contributed by atoms with van der Waals surface area (Å²) in [5.74, 6) is -3.88. The molecule has 5 rings (SSSR count). The minimum atomic E-state index is -1.88. The topological polar surface area (TPSA) is 153 Å². The SMILES string of the molecule is C[C@@H](SC1COC(/C=C/C=C/c2ccc(C#N)cc2F)OC1)[C@@](Cn1cncn1)(OC(=O)c1cc(C#N)ccc1COC(=O)CN(C)C)c1ccc(F)cc1F. The molecule has 0 amide bonds. The second-order valence-electron chi connectivity index (χ2n) is 12.9. The van der Waals surface area contributed by atoms with E-state index in [9.17, 15) is 23.6 Å². The molecule has 4 aromatic rings. The predicted molar refractivity (Wildman–Crippen MR) is 199 cm³/mol. The monoisotopic (exact) mass is 786 g/mol. The quantitative estimate of drug-likeness (QED) is 0.104. The van der Waals surface area contributed by atoms with Crippen LogP contribution >= 0.6 is 11.8 Å². The van der Waals surface area contributed by atoms with Crippen molar-refractivity contribution in [3.8, 4) is 12.1 Å². The van der Waals surface area contributed by atoms with Crippen LogP contribution in [0.4, 0.5) is 13.2 Å². The summed E-state index contributed by atoms with van der Waals surface area (Å²) >= 11 is 1.28. The van der Waals surface area contributed by atoms with Crippen molar-refractivity contribution in [1.82, 2.24) is 19.7 Å². The number of hydrogen-bond donors (Lipinski definition) is 0. The fraction of sp³-hybridized carbons (Fsp3) is 0.300. The van der Waals surface area contributed by atoms with E-state index in [2.05, 4.69) is 10.1 Å². The smallest absolute Gasteiger partial charge is 0.339 e. The molecule has 2 atom stereocenters. The fourth-order valence-electron chi connectivity index (χ4n) is 5.77. The Balaban J connectivity index is 1.40. The Labute approximate surface area is 325 Å². The van der Waals surface area contributed by atoms with Gasteiger partial charge in [-0.25, -0.2) is 27.6 Å². The third-order valence-electron chi connectivity index (χ3n) is 8.55. The van der Waals surface area contributed by atoms with Gasteiger partial charge in [0.15, 0.2) is 11.9 Å². The molecular formula is C40H37F3N6O6S. The summed E-state index contributed by atoms with van der Waals surface area (Å²) in [7, 11) is 3.39. The van der Waals surface area contributed by atoms with Crippen LogP contribution in [-0.4, -0.2) is 82.2 Å². The normalized spacial score (nSPS) is 17.3. The van der Waals surface area contributed by atoms with Gasteiger partial charge in [-0.1, -0.05) is 30.4 Å². The van der Waals surface area contributed by atoms with Crippen LogP contribution in [0.2, 0.25) is 0 Å². The van der Waals surface area contributed by atoms with E-state index in [1.165, 1.54) is 71.6 Å². The molecule has 3 aromatic carbocycles. The van der Waals surface area contributed by atoms with Crippen LogP contribution < -0.4 is 0 Å². The summed E-state index contributed by atoms with van der Waals surface area (Å²) < 4.78 is 69.4. The number of likely N-dealkylation sites (N-methyl/N-ethyl adjacent to an activating group) is 1. The van der Waals surface area contributed by atoms with Crippen LogP contribution in [0.5, 0.6) is 0 Å². The Hall–Kier alpha value is -5.78. The molecule has 0 spiro atoms. The highest BCUT2D eigenvalue weighted by atomic mass is 32.2. The van der Waals surface area contributed by atoms with E-state index in [4.69, 9.17) is 24.2 Å². The van der Waals surface area contributed by atoms with E-state index in [0.29, 0.717) is 11.6 Å². The van der Waals surface area contributed by atoms with E-state index in [0.717, 1.165) is 12.1 Å². The largest absolute Gasteiger partial charge is 0.460 e. The summed E-state index contributed by atoms with van der Waals surface area (Å²) in [5.41, 5.74) is -1.25. The van der Waals surface area contributed by atoms with Crippen molar-refractivity contribution in [3.05, 3.63) is 136 Å². The van der Waals surface area contributed by atoms with Gasteiger partial charge in [0.2, 0.25) is 0 Å². The Morgan fingerprint density at radius 3 is 2.43 bits per heavy atom. The number of hydrogen-bond acceptors (Lipinski definition) is 12. The molecule has 0 unspecified atom stereocenters. The number of halogens is 3. The lowest BCUT2D eigenvalue weighted by Crippen LogP contribution is -2.47. The highest BCUT2D eigenvalue weighted by molar-refractivity contribution is 8.00. The summed E-state index contributed by atoms with van der Waals surface area (Å²) in [6.07, 6.45) is 8.31. The van der Waals surface area contributed by atoms with E-state index in [1.807, 2.05) is 12.1 Å². The molecule has 0 bridgehead atoms. The summed E-state index contributed by atoms with van der Waals surface area (Å²) in [6, 6.07) is 15.2. The van der Waals surface area contributed by atoms with Gasteiger partial charge in [-0.3, -0.25) is 9.69 Å². The van der Waals surface area contributed by atoms with Crippen LogP contribution in [0.3, 0.4) is 0 Å². The van der Waals surface area contributed by atoms with E-state index in [1.54, 1.807) is 44.1 Å². The van der Waals surface area contributed by atoms with Crippen LogP contribution in [0.1, 0.15) is 45.1 Å². The highest BCUT2D eigenvalue weighted by Crippen LogP contribution is 2.42. The van der Waals surface area contributed by atoms with Gasteiger partial charge in [0.25, 0.3) is 0 Å². The lowest BCUT2D eigenvalue weighted by atomic mass is 9.89. The van der Waals surface area contributed by atoms with Gasteiger partial charge in [0.1, 0.15) is 36.7 Å². The van der Waals surface area contributed by atoms with Gasteiger partial charge in [-0.15, -0.1) is 11.8 Å². The van der Waals surface area contributed by atoms with Gasteiger partial charge in [0, 0.05) is 28.0 Å². The van der Waals surface area contributed by atoms with Crippen LogP contribution in [0.25, 0.3) is 6.08 Å². The first kappa shape index (κ1) is 41.4. The first-order valence-electron chi connectivity index (χ1n) is 17.2. The van der Waals surface area contributed by atoms with Crippen molar-refractivity contribution < 1.29 is 41.7 Å². The molecule has 56 heavy (non-hydrogen) atoms. The van der Waals surface area contributed by atoms with E-state index in [-0.39, 0.29) is 66.0 Å². The minimum Gasteiger partial charge on any atom is -0.460 e. The van der Waals surface area contributed by atoms with Crippen LogP contribution in [0.15, 0.2) is 85.5 Å². The number of carbonyl (C=O) groups is 2. The van der Waals surface area contributed by atoms with Crippen LogP contribution in [0, 0.1) is 40.1 Å². The molecule has 0 saturated carbocycles. The van der Waals surface area contributed by atoms with E-state index < -0.39 is 46.5 Å². The van der Waals surface area contributed by atoms with Crippen molar-refractivity contribution in [2.75, 3.05) is 33.9 Å². The Morgan fingerprint density at radius 1 is 1.04 bits per heavy atom. The summed E-state index contributed by atoms with van der Waals surface area (Å²) in [6.45, 7) is 1.47. The number of aromatic nitrogens is 3. The second-order valence-corrected chi connectivity index (χ2v) is 14.6. The zero-order chi connectivity index (χ0) is 40.2. The van der Waals surface area contributed by atoms with Crippen LogP contribution in [-0.2, 0) is 42.5 Å². The van der Waals surface area contributed by atoms with Crippen molar-refractivity contribution >= 4 is 29.8 Å². The standard InChI is InChI=1S/C40H37F3N6O6S/c1-26(56-32-21-53-38(54-22-32)7-5-4-6-29-10-8-28(18-45)15-35(29)42)40(23-49-25-46-24-47-49,34-13-12-31(41)16-36(34)43)55-39(51)33-14-27(17-44)9-11-30(33)20-52-37(50)19-48(2)3/h4-16,24-26,32,38H,19-23H2,1-3H3/b6-4+,7-5+/t26-,32?,38?,40-/m1/s1. The van der Waals surface area contributed by atoms with Crippen molar-refractivity contribution in [2.24, 2.45) is 0 Å². The van der Waals surface area contributed by atoms with Gasteiger partial charge < -0.3 is 18.9 Å². The number of allylic oxidation sites excluding steroid dienone is 2. The van der Waals surface area contributed by atoms with Gasteiger partial charge >= 0.3 is 11.9 Å². The predicted octanol–water partition coefficient (Wildman–Crippen LogP) is 5.93. The lowest BCUT2D eigenvalue weighted by Gasteiger charge is -2.40. The molecule has 0 radical (unpaired) electrons. The molecular weight excluding hydrogens is 750 g/mol. The molecule has 1 aliphatic heterocycles. The Morgan fingerprint density at radius 2 is 1.77 bits per heavy atom. The zero-order valence-corrected chi connectivity index (χ0v) is 31.4.